The van der Waals surface area contributed by atoms with Crippen LogP contribution in [0.15, 0.2) is 0 Å². The molecule has 0 bridgehead atoms. The molecule has 0 aromatic heterocycles. The van der Waals surface area contributed by atoms with Crippen molar-refractivity contribution in [2.75, 3.05) is 6.61 Å². The van der Waals surface area contributed by atoms with Gasteiger partial charge in [-0.3, -0.25) is 19.2 Å². The predicted octanol–water partition coefficient (Wildman–Crippen LogP) is 6.84. The fourth-order valence-electron chi connectivity index (χ4n) is 8.26. The summed E-state index contributed by atoms with van der Waals surface area (Å²) in [7, 11) is 0. The number of aliphatic hydroxyl groups excluding tert-OH is 1. The van der Waals surface area contributed by atoms with Crippen LogP contribution in [0.5, 0.6) is 0 Å². The zero-order chi connectivity index (χ0) is 37.9. The average Bonchev–Trinajstić information content (AvgIpc) is 3.00. The lowest BCUT2D eigenvalue weighted by Gasteiger charge is -2.40. The minimum Gasteiger partial charge on any atom is -0.461 e. The van der Waals surface area contributed by atoms with E-state index in [-0.39, 0.29) is 79.6 Å². The summed E-state index contributed by atoms with van der Waals surface area (Å²) in [5.41, 5.74) is -1.72. The predicted molar refractivity (Wildman–Crippen MR) is 192 cm³/mol. The minimum atomic E-state index is -1.72. The Hall–Kier alpha value is -1.88. The standard InChI is InChI=1S/C40H70O10/c1-23(2)18-34(43)49-37-30(9)36(27(6)22-47-35-17-12-14-29(8)48-35)50-39(45)25(4)19-24(3)33(16-13-15-32(42)20-28(7)41)26(5)21-40(11,46)38(44)31(37)10/h23-31,33,35-37,41,46H,12-22H2,1-11H3/t24-,25?,26-,27+,28?,29?,30-,31?,33+,35?,36?,37+,40-/m0/s1. The third-order valence-electron chi connectivity index (χ3n) is 10.9. The second kappa shape index (κ2) is 20.4. The monoisotopic (exact) mass is 710 g/mol. The molecule has 0 aromatic rings. The maximum Gasteiger partial charge on any atom is 0.308 e. The molecule has 2 fully saturated rings. The summed E-state index contributed by atoms with van der Waals surface area (Å²) >= 11 is 0. The Morgan fingerprint density at radius 3 is 2.24 bits per heavy atom. The van der Waals surface area contributed by atoms with Crippen LogP contribution in [0.3, 0.4) is 0 Å². The third-order valence-corrected chi connectivity index (χ3v) is 10.9. The summed E-state index contributed by atoms with van der Waals surface area (Å²) in [6.45, 7) is 20.7. The van der Waals surface area contributed by atoms with Crippen LogP contribution in [0.25, 0.3) is 0 Å². The van der Waals surface area contributed by atoms with E-state index in [1.807, 2.05) is 48.5 Å². The van der Waals surface area contributed by atoms with Crippen LogP contribution in [0.4, 0.5) is 0 Å². The number of hydrogen-bond acceptors (Lipinski definition) is 10. The Morgan fingerprint density at radius 1 is 0.980 bits per heavy atom. The van der Waals surface area contributed by atoms with Crippen molar-refractivity contribution in [3.05, 3.63) is 0 Å². The van der Waals surface area contributed by atoms with E-state index in [2.05, 4.69) is 6.92 Å². The number of cyclic esters (lactones) is 1. The number of esters is 2. The highest BCUT2D eigenvalue weighted by Gasteiger charge is 2.46. The molecule has 13 atom stereocenters. The van der Waals surface area contributed by atoms with E-state index in [0.29, 0.717) is 25.7 Å². The molecule has 2 rings (SSSR count). The molecular formula is C40H70O10. The van der Waals surface area contributed by atoms with Crippen molar-refractivity contribution in [2.45, 2.75) is 177 Å². The Kier molecular flexibility index (Phi) is 18.1. The van der Waals surface area contributed by atoms with Crippen molar-refractivity contribution < 1.29 is 48.3 Å². The maximum absolute atomic E-state index is 14.2. The summed E-state index contributed by atoms with van der Waals surface area (Å²) < 4.78 is 24.6. The summed E-state index contributed by atoms with van der Waals surface area (Å²) in [6.07, 6.45) is 2.65. The highest BCUT2D eigenvalue weighted by atomic mass is 16.7. The first-order valence-electron chi connectivity index (χ1n) is 19.4. The molecule has 0 saturated carbocycles. The molecule has 0 radical (unpaired) electrons. The Morgan fingerprint density at radius 2 is 1.64 bits per heavy atom. The normalized spacial score (nSPS) is 36.3. The number of ketones is 2. The van der Waals surface area contributed by atoms with Crippen molar-refractivity contribution in [2.24, 2.45) is 47.3 Å². The molecule has 2 heterocycles. The quantitative estimate of drug-likeness (QED) is 0.195. The van der Waals surface area contributed by atoms with E-state index < -0.39 is 53.4 Å². The molecule has 2 saturated heterocycles. The molecule has 50 heavy (non-hydrogen) atoms. The lowest BCUT2D eigenvalue weighted by molar-refractivity contribution is -0.204. The number of ether oxygens (including phenoxy) is 4. The van der Waals surface area contributed by atoms with Gasteiger partial charge in [0.2, 0.25) is 0 Å². The van der Waals surface area contributed by atoms with Gasteiger partial charge in [0.15, 0.2) is 12.1 Å². The first-order chi connectivity index (χ1) is 23.2. The molecule has 0 spiro atoms. The van der Waals surface area contributed by atoms with Crippen LogP contribution in [-0.4, -0.2) is 76.6 Å². The van der Waals surface area contributed by atoms with Gasteiger partial charge in [0.05, 0.1) is 30.7 Å². The second-order valence-electron chi connectivity index (χ2n) is 16.8. The van der Waals surface area contributed by atoms with Crippen LogP contribution >= 0.6 is 0 Å². The minimum absolute atomic E-state index is 0.00159. The second-order valence-corrected chi connectivity index (χ2v) is 16.8. The van der Waals surface area contributed by atoms with Gasteiger partial charge in [-0.2, -0.15) is 0 Å². The van der Waals surface area contributed by atoms with Gasteiger partial charge >= 0.3 is 11.9 Å². The van der Waals surface area contributed by atoms with Crippen molar-refractivity contribution in [3.63, 3.8) is 0 Å². The van der Waals surface area contributed by atoms with E-state index in [9.17, 15) is 29.4 Å². The molecule has 0 aromatic carbocycles. The molecule has 2 N–H and O–H groups in total. The lowest BCUT2D eigenvalue weighted by atomic mass is 9.70. The number of hydrogen-bond donors (Lipinski definition) is 2. The van der Waals surface area contributed by atoms with E-state index in [1.54, 1.807) is 20.8 Å². The van der Waals surface area contributed by atoms with Crippen molar-refractivity contribution in [3.8, 4) is 0 Å². The number of aliphatic hydroxyl groups is 2. The molecule has 10 nitrogen and oxygen atoms in total. The Labute approximate surface area is 302 Å². The van der Waals surface area contributed by atoms with Crippen LogP contribution < -0.4 is 0 Å². The Bertz CT molecular complexity index is 1090. The van der Waals surface area contributed by atoms with E-state index in [4.69, 9.17) is 18.9 Å². The van der Waals surface area contributed by atoms with Crippen molar-refractivity contribution in [1.82, 2.24) is 0 Å². The molecule has 10 heteroatoms. The van der Waals surface area contributed by atoms with Gasteiger partial charge in [-0.25, -0.2) is 0 Å². The van der Waals surface area contributed by atoms with Crippen molar-refractivity contribution >= 4 is 23.5 Å². The number of carbonyl (C=O) groups is 4. The number of Topliss-reactive ketones (excluding diaryl/α,β-unsaturated/α-hetero) is 2. The highest BCUT2D eigenvalue weighted by Crippen LogP contribution is 2.39. The molecule has 6 unspecified atom stereocenters. The first-order valence-corrected chi connectivity index (χ1v) is 19.4. The smallest absolute Gasteiger partial charge is 0.308 e. The van der Waals surface area contributed by atoms with Gasteiger partial charge < -0.3 is 29.2 Å². The largest absolute Gasteiger partial charge is 0.461 e. The highest BCUT2D eigenvalue weighted by molar-refractivity contribution is 5.89. The van der Waals surface area contributed by atoms with Crippen LogP contribution in [0, 0.1) is 47.3 Å². The third kappa shape index (κ3) is 13.9. The van der Waals surface area contributed by atoms with Crippen molar-refractivity contribution in [1.29, 1.82) is 0 Å². The molecular weight excluding hydrogens is 640 g/mol. The fraction of sp³-hybridized carbons (Fsp3) is 0.900. The molecule has 0 aliphatic carbocycles. The van der Waals surface area contributed by atoms with Crippen LogP contribution in [0.2, 0.25) is 0 Å². The van der Waals surface area contributed by atoms with E-state index in [0.717, 1.165) is 19.3 Å². The van der Waals surface area contributed by atoms with Gasteiger partial charge in [-0.05, 0) is 89.4 Å². The fourth-order valence-corrected chi connectivity index (χ4v) is 8.26. The summed E-state index contributed by atoms with van der Waals surface area (Å²) in [5.74, 6) is -3.57. The van der Waals surface area contributed by atoms with E-state index >= 15 is 0 Å². The summed E-state index contributed by atoms with van der Waals surface area (Å²) in [5, 5.41) is 21.5. The number of rotatable bonds is 13. The van der Waals surface area contributed by atoms with Crippen LogP contribution in [-0.2, 0) is 38.1 Å². The van der Waals surface area contributed by atoms with E-state index in [1.165, 1.54) is 0 Å². The average molecular weight is 711 g/mol. The zero-order valence-electron chi connectivity index (χ0n) is 32.9. The van der Waals surface area contributed by atoms with Gasteiger partial charge in [0.25, 0.3) is 0 Å². The zero-order valence-corrected chi connectivity index (χ0v) is 32.9. The molecule has 0 amide bonds. The summed E-state index contributed by atoms with van der Waals surface area (Å²) in [4.78, 5) is 53.7. The molecule has 2 aliphatic heterocycles. The maximum atomic E-state index is 14.2. The number of carbonyl (C=O) groups excluding carboxylic acids is 4. The van der Waals surface area contributed by atoms with Gasteiger partial charge in [0.1, 0.15) is 23.6 Å². The first kappa shape index (κ1) is 44.3. The molecule has 290 valence electrons. The SMILES string of the molecule is CC(C)CC(=O)O[C@H]1C(C)C(=O)[C@@](C)(O)C[C@H](C)[C@H](CCCC(=O)CC(C)O)[C@@H](C)CC(C)C(=O)OC([C@H](C)COC2CCCC(C)O2)[C@@H]1C. The van der Waals surface area contributed by atoms with Gasteiger partial charge in [0, 0.05) is 31.1 Å². The lowest BCUT2D eigenvalue weighted by Crippen LogP contribution is -2.51. The Balaban J connectivity index is 2.49. The van der Waals surface area contributed by atoms with Gasteiger partial charge in [-0.15, -0.1) is 0 Å². The summed E-state index contributed by atoms with van der Waals surface area (Å²) in [6, 6.07) is 0. The molecule has 2 aliphatic rings. The topological polar surface area (TPSA) is 146 Å². The van der Waals surface area contributed by atoms with Crippen LogP contribution in [0.1, 0.15) is 140 Å². The van der Waals surface area contributed by atoms with Gasteiger partial charge in [-0.1, -0.05) is 55.4 Å².